The molecule has 2 aromatic rings. The lowest BCUT2D eigenvalue weighted by atomic mass is 10.0. The number of carbonyl (C=O) groups excluding carboxylic acids is 2. The first kappa shape index (κ1) is 17.1. The zero-order valence-corrected chi connectivity index (χ0v) is 14.1. The Bertz CT molecular complexity index is 706. The van der Waals surface area contributed by atoms with Crippen LogP contribution < -0.4 is 10.2 Å². The molecule has 0 saturated carbocycles. The van der Waals surface area contributed by atoms with Crippen LogP contribution in [0.15, 0.2) is 48.8 Å². The van der Waals surface area contributed by atoms with Crippen molar-refractivity contribution in [3.8, 4) is 0 Å². The number of anilines is 1. The van der Waals surface area contributed by atoms with Crippen molar-refractivity contribution in [2.24, 2.45) is 0 Å². The standard InChI is InChI=1S/C19H22N4O2/c24-17(15-6-2-1-3-7-15)9-10-18(25)22-16-8-4-13-23(14-16)19-20-11-5-12-21-19/h1-3,5-7,11-12,16H,4,8-10,13-14H2,(H,22,25)/t16-/m0/s1. The van der Waals surface area contributed by atoms with Gasteiger partial charge in [-0.1, -0.05) is 30.3 Å². The molecule has 0 aliphatic carbocycles. The molecule has 1 aliphatic rings. The molecule has 6 heteroatoms. The van der Waals surface area contributed by atoms with Crippen molar-refractivity contribution in [2.45, 2.75) is 31.7 Å². The molecule has 1 saturated heterocycles. The first-order chi connectivity index (χ1) is 12.2. The van der Waals surface area contributed by atoms with Crippen LogP contribution in [0, 0.1) is 0 Å². The molecule has 1 amide bonds. The predicted octanol–water partition coefficient (Wildman–Crippen LogP) is 2.22. The van der Waals surface area contributed by atoms with Crippen molar-refractivity contribution in [2.75, 3.05) is 18.0 Å². The van der Waals surface area contributed by atoms with E-state index in [0.29, 0.717) is 18.1 Å². The number of hydrogen-bond acceptors (Lipinski definition) is 5. The van der Waals surface area contributed by atoms with Gasteiger partial charge >= 0.3 is 0 Å². The van der Waals surface area contributed by atoms with Gasteiger partial charge in [0.1, 0.15) is 0 Å². The van der Waals surface area contributed by atoms with Gasteiger partial charge in [-0.25, -0.2) is 9.97 Å². The van der Waals surface area contributed by atoms with E-state index in [1.807, 2.05) is 18.2 Å². The molecule has 130 valence electrons. The molecular weight excluding hydrogens is 316 g/mol. The minimum Gasteiger partial charge on any atom is -0.352 e. The third kappa shape index (κ3) is 4.86. The largest absolute Gasteiger partial charge is 0.352 e. The molecule has 0 radical (unpaired) electrons. The highest BCUT2D eigenvalue weighted by molar-refractivity contribution is 5.97. The fourth-order valence-electron chi connectivity index (χ4n) is 3.03. The molecule has 25 heavy (non-hydrogen) atoms. The van der Waals surface area contributed by atoms with Crippen LogP contribution in [0.1, 0.15) is 36.0 Å². The van der Waals surface area contributed by atoms with Crippen molar-refractivity contribution < 1.29 is 9.59 Å². The number of benzene rings is 1. The Kier molecular flexibility index (Phi) is 5.72. The zero-order valence-electron chi connectivity index (χ0n) is 14.1. The highest BCUT2D eigenvalue weighted by Crippen LogP contribution is 2.15. The molecule has 1 aromatic heterocycles. The quantitative estimate of drug-likeness (QED) is 0.818. The summed E-state index contributed by atoms with van der Waals surface area (Å²) in [6.07, 6.45) is 5.80. The summed E-state index contributed by atoms with van der Waals surface area (Å²) in [7, 11) is 0. The van der Waals surface area contributed by atoms with Gasteiger partial charge in [0.15, 0.2) is 5.78 Å². The van der Waals surface area contributed by atoms with Gasteiger partial charge in [0.05, 0.1) is 0 Å². The summed E-state index contributed by atoms with van der Waals surface area (Å²) in [5.74, 6) is 0.615. The average molecular weight is 338 g/mol. The maximum atomic E-state index is 12.2. The van der Waals surface area contributed by atoms with Crippen LogP contribution in [-0.2, 0) is 4.79 Å². The van der Waals surface area contributed by atoms with E-state index in [4.69, 9.17) is 0 Å². The molecule has 6 nitrogen and oxygen atoms in total. The smallest absolute Gasteiger partial charge is 0.225 e. The Morgan fingerprint density at radius 2 is 1.84 bits per heavy atom. The summed E-state index contributed by atoms with van der Waals surface area (Å²) in [4.78, 5) is 34.9. The Balaban J connectivity index is 1.47. The Morgan fingerprint density at radius 1 is 1.08 bits per heavy atom. The lowest BCUT2D eigenvalue weighted by Crippen LogP contribution is -2.48. The number of ketones is 1. The molecule has 0 unspecified atom stereocenters. The molecule has 1 atom stereocenters. The summed E-state index contributed by atoms with van der Waals surface area (Å²) in [6, 6.07) is 10.9. The zero-order chi connectivity index (χ0) is 17.5. The van der Waals surface area contributed by atoms with Crippen LogP contribution in [0.2, 0.25) is 0 Å². The molecule has 1 aliphatic heterocycles. The van der Waals surface area contributed by atoms with Crippen LogP contribution >= 0.6 is 0 Å². The number of nitrogens with one attached hydrogen (secondary N) is 1. The van der Waals surface area contributed by atoms with Gasteiger partial charge in [0.25, 0.3) is 0 Å². The molecule has 1 fully saturated rings. The molecule has 1 aromatic carbocycles. The van der Waals surface area contributed by atoms with Crippen LogP contribution in [0.4, 0.5) is 5.95 Å². The Labute approximate surface area is 147 Å². The number of nitrogens with zero attached hydrogens (tertiary/aromatic N) is 3. The molecule has 0 bridgehead atoms. The lowest BCUT2D eigenvalue weighted by Gasteiger charge is -2.33. The Morgan fingerprint density at radius 3 is 2.60 bits per heavy atom. The number of piperidine rings is 1. The molecule has 1 N–H and O–H groups in total. The number of hydrogen-bond donors (Lipinski definition) is 1. The van der Waals surface area contributed by atoms with E-state index < -0.39 is 0 Å². The van der Waals surface area contributed by atoms with Gasteiger partial charge < -0.3 is 10.2 Å². The van der Waals surface area contributed by atoms with Crippen LogP contribution in [0.3, 0.4) is 0 Å². The van der Waals surface area contributed by atoms with E-state index in [-0.39, 0.29) is 30.6 Å². The van der Waals surface area contributed by atoms with E-state index in [9.17, 15) is 9.59 Å². The van der Waals surface area contributed by atoms with E-state index >= 15 is 0 Å². The third-order valence-electron chi connectivity index (χ3n) is 4.30. The van der Waals surface area contributed by atoms with Crippen molar-refractivity contribution in [1.82, 2.24) is 15.3 Å². The van der Waals surface area contributed by atoms with E-state index in [1.165, 1.54) is 0 Å². The number of aromatic nitrogens is 2. The third-order valence-corrected chi connectivity index (χ3v) is 4.30. The Hall–Kier alpha value is -2.76. The first-order valence-electron chi connectivity index (χ1n) is 8.62. The van der Waals surface area contributed by atoms with Crippen molar-refractivity contribution >= 4 is 17.6 Å². The van der Waals surface area contributed by atoms with Gasteiger partial charge in [-0.2, -0.15) is 0 Å². The molecule has 3 rings (SSSR count). The number of carbonyl (C=O) groups is 2. The second kappa shape index (κ2) is 8.37. The van der Waals surface area contributed by atoms with E-state index in [1.54, 1.807) is 30.6 Å². The fraction of sp³-hybridized carbons (Fsp3) is 0.368. The topological polar surface area (TPSA) is 75.2 Å². The fourth-order valence-corrected chi connectivity index (χ4v) is 3.03. The summed E-state index contributed by atoms with van der Waals surface area (Å²) >= 11 is 0. The van der Waals surface area contributed by atoms with Gasteiger partial charge in [-0.3, -0.25) is 9.59 Å². The van der Waals surface area contributed by atoms with Crippen molar-refractivity contribution in [3.63, 3.8) is 0 Å². The number of amides is 1. The molecule has 2 heterocycles. The van der Waals surface area contributed by atoms with Gasteiger partial charge in [0, 0.05) is 49.9 Å². The molecule has 0 spiro atoms. The average Bonchev–Trinajstić information content (AvgIpc) is 2.68. The van der Waals surface area contributed by atoms with Crippen molar-refractivity contribution in [1.29, 1.82) is 0 Å². The summed E-state index contributed by atoms with van der Waals surface area (Å²) in [5, 5.41) is 3.04. The molecular formula is C19H22N4O2. The lowest BCUT2D eigenvalue weighted by molar-refractivity contribution is -0.121. The SMILES string of the molecule is O=C(CCC(=O)c1ccccc1)N[C@H]1CCCN(c2ncccn2)C1. The second-order valence-corrected chi connectivity index (χ2v) is 6.19. The van der Waals surface area contributed by atoms with Gasteiger partial charge in [0.2, 0.25) is 11.9 Å². The minimum atomic E-state index is -0.0786. The maximum Gasteiger partial charge on any atom is 0.225 e. The van der Waals surface area contributed by atoms with Crippen molar-refractivity contribution in [3.05, 3.63) is 54.4 Å². The van der Waals surface area contributed by atoms with Gasteiger partial charge in [-0.05, 0) is 18.9 Å². The summed E-state index contributed by atoms with van der Waals surface area (Å²) in [6.45, 7) is 1.59. The highest BCUT2D eigenvalue weighted by Gasteiger charge is 2.23. The monoisotopic (exact) mass is 338 g/mol. The maximum absolute atomic E-state index is 12.2. The van der Waals surface area contributed by atoms with Crippen LogP contribution in [0.5, 0.6) is 0 Å². The van der Waals surface area contributed by atoms with Gasteiger partial charge in [-0.15, -0.1) is 0 Å². The second-order valence-electron chi connectivity index (χ2n) is 6.19. The van der Waals surface area contributed by atoms with Crippen LogP contribution in [0.25, 0.3) is 0 Å². The minimum absolute atomic E-state index is 0.00120. The number of rotatable bonds is 6. The summed E-state index contributed by atoms with van der Waals surface area (Å²) < 4.78 is 0. The summed E-state index contributed by atoms with van der Waals surface area (Å²) in [5.41, 5.74) is 0.653. The highest BCUT2D eigenvalue weighted by atomic mass is 16.2. The first-order valence-corrected chi connectivity index (χ1v) is 8.62. The van der Waals surface area contributed by atoms with E-state index in [2.05, 4.69) is 20.2 Å². The van der Waals surface area contributed by atoms with E-state index in [0.717, 1.165) is 19.4 Å². The normalized spacial score (nSPS) is 17.1. The number of Topliss-reactive ketones (excluding diaryl/α,β-unsaturated/α-hetero) is 1. The predicted molar refractivity (Wildman–Crippen MR) is 95.4 cm³/mol. The van der Waals surface area contributed by atoms with Crippen LogP contribution in [-0.4, -0.2) is 40.8 Å².